The van der Waals surface area contributed by atoms with Crippen LogP contribution in [0.5, 0.6) is 0 Å². The number of carboxylic acid groups (broad SMARTS) is 1. The van der Waals surface area contributed by atoms with Crippen molar-refractivity contribution >= 4 is 11.7 Å². The summed E-state index contributed by atoms with van der Waals surface area (Å²) in [6.07, 6.45) is 5.77. The summed E-state index contributed by atoms with van der Waals surface area (Å²) < 4.78 is 5.67. The van der Waals surface area contributed by atoms with E-state index >= 15 is 0 Å². The first kappa shape index (κ1) is 22.8. The average Bonchev–Trinajstić information content (AvgIpc) is 3.54. The van der Waals surface area contributed by atoms with Crippen molar-refractivity contribution in [3.8, 4) is 22.5 Å². The molecule has 4 rings (SSSR count). The number of carboxylic acids is 1. The van der Waals surface area contributed by atoms with Crippen LogP contribution < -0.4 is 5.32 Å². The molecule has 1 unspecified atom stereocenters. The van der Waals surface area contributed by atoms with Crippen LogP contribution in [0.3, 0.4) is 0 Å². The number of nitrogens with one attached hydrogen (secondary N) is 1. The van der Waals surface area contributed by atoms with Gasteiger partial charge in [0.05, 0.1) is 5.41 Å². The Kier molecular flexibility index (Phi) is 6.41. The van der Waals surface area contributed by atoms with E-state index in [2.05, 4.69) is 49.5 Å². The number of aromatic nitrogens is 1. The zero-order valence-electron chi connectivity index (χ0n) is 19.8. The normalized spacial score (nSPS) is 15.0. The van der Waals surface area contributed by atoms with Crippen LogP contribution in [0.15, 0.2) is 64.7 Å². The lowest BCUT2D eigenvalue weighted by Gasteiger charge is -2.15. The molecule has 1 heterocycles. The highest BCUT2D eigenvalue weighted by Gasteiger charge is 2.51. The molecular formula is C28H32N2O3. The predicted molar refractivity (Wildman–Crippen MR) is 132 cm³/mol. The summed E-state index contributed by atoms with van der Waals surface area (Å²) in [4.78, 5) is 11.6. The van der Waals surface area contributed by atoms with Crippen molar-refractivity contribution in [3.63, 3.8) is 0 Å². The summed E-state index contributed by atoms with van der Waals surface area (Å²) in [5, 5.41) is 17.3. The molecule has 2 N–H and O–H groups in total. The van der Waals surface area contributed by atoms with Gasteiger partial charge in [-0.15, -0.1) is 0 Å². The molecule has 1 saturated carbocycles. The lowest BCUT2D eigenvalue weighted by Crippen LogP contribution is -2.19. The SMILES string of the molecule is CC(C)=CCCC(C)Nc1c(C)noc1-c1ccc(-c2ccc(C3(C(=O)O)CC3)cc2)cc1. The Balaban J connectivity index is 1.49. The fraction of sp³-hybridized carbons (Fsp3) is 0.357. The molecule has 1 aliphatic carbocycles. The van der Waals surface area contributed by atoms with Crippen molar-refractivity contribution in [1.82, 2.24) is 5.16 Å². The first-order valence-electron chi connectivity index (χ1n) is 11.6. The predicted octanol–water partition coefficient (Wildman–Crippen LogP) is 6.98. The van der Waals surface area contributed by atoms with E-state index in [1.165, 1.54) is 5.57 Å². The van der Waals surface area contributed by atoms with Crippen LogP contribution in [0.4, 0.5) is 5.69 Å². The van der Waals surface area contributed by atoms with Gasteiger partial charge in [0.25, 0.3) is 0 Å². The van der Waals surface area contributed by atoms with Gasteiger partial charge in [-0.2, -0.15) is 0 Å². The highest BCUT2D eigenvalue weighted by Crippen LogP contribution is 2.48. The van der Waals surface area contributed by atoms with Crippen LogP contribution in [0.2, 0.25) is 0 Å². The first-order valence-corrected chi connectivity index (χ1v) is 11.6. The molecule has 0 radical (unpaired) electrons. The zero-order chi connectivity index (χ0) is 23.6. The Hall–Kier alpha value is -3.34. The minimum atomic E-state index is -0.724. The molecule has 0 amide bonds. The summed E-state index contributed by atoms with van der Waals surface area (Å²) >= 11 is 0. The van der Waals surface area contributed by atoms with Crippen molar-refractivity contribution in [2.45, 2.75) is 64.8 Å². The van der Waals surface area contributed by atoms with E-state index in [0.29, 0.717) is 6.04 Å². The van der Waals surface area contributed by atoms with Gasteiger partial charge in [0.1, 0.15) is 11.4 Å². The van der Waals surface area contributed by atoms with Gasteiger partial charge in [0.15, 0.2) is 5.76 Å². The highest BCUT2D eigenvalue weighted by molar-refractivity contribution is 5.85. The average molecular weight is 445 g/mol. The summed E-state index contributed by atoms with van der Waals surface area (Å²) in [5.74, 6) is 0.0261. The molecule has 5 nitrogen and oxygen atoms in total. The van der Waals surface area contributed by atoms with Gasteiger partial charge < -0.3 is 14.9 Å². The largest absolute Gasteiger partial charge is 0.481 e. The number of anilines is 1. The van der Waals surface area contributed by atoms with E-state index in [4.69, 9.17) is 4.52 Å². The van der Waals surface area contributed by atoms with Gasteiger partial charge >= 0.3 is 5.97 Å². The van der Waals surface area contributed by atoms with Crippen molar-refractivity contribution in [2.75, 3.05) is 5.32 Å². The molecule has 2 aromatic carbocycles. The Labute approximate surface area is 195 Å². The van der Waals surface area contributed by atoms with Gasteiger partial charge in [0.2, 0.25) is 0 Å². The third-order valence-corrected chi connectivity index (χ3v) is 6.48. The molecule has 1 aliphatic rings. The minimum Gasteiger partial charge on any atom is -0.481 e. The summed E-state index contributed by atoms with van der Waals surface area (Å²) in [5.41, 5.74) is 6.47. The number of benzene rings is 2. The second-order valence-corrected chi connectivity index (χ2v) is 9.42. The van der Waals surface area contributed by atoms with Crippen LogP contribution in [0.1, 0.15) is 57.7 Å². The maximum Gasteiger partial charge on any atom is 0.314 e. The number of carbonyl (C=O) groups is 1. The van der Waals surface area contributed by atoms with E-state index in [1.54, 1.807) is 0 Å². The van der Waals surface area contributed by atoms with E-state index in [9.17, 15) is 9.90 Å². The Morgan fingerprint density at radius 2 is 1.67 bits per heavy atom. The molecule has 3 aromatic rings. The molecular weight excluding hydrogens is 412 g/mol. The number of allylic oxidation sites excluding steroid dienone is 2. The highest BCUT2D eigenvalue weighted by atomic mass is 16.5. The van der Waals surface area contributed by atoms with Crippen LogP contribution >= 0.6 is 0 Å². The number of hydrogen-bond donors (Lipinski definition) is 2. The molecule has 1 fully saturated rings. The number of aliphatic carboxylic acids is 1. The lowest BCUT2D eigenvalue weighted by atomic mass is 9.93. The van der Waals surface area contributed by atoms with Crippen LogP contribution in [-0.4, -0.2) is 22.3 Å². The van der Waals surface area contributed by atoms with E-state index in [1.807, 2.05) is 43.3 Å². The fourth-order valence-corrected chi connectivity index (χ4v) is 4.22. The van der Waals surface area contributed by atoms with Crippen molar-refractivity contribution < 1.29 is 14.4 Å². The second-order valence-electron chi connectivity index (χ2n) is 9.42. The van der Waals surface area contributed by atoms with Crippen molar-refractivity contribution in [3.05, 3.63) is 71.4 Å². The van der Waals surface area contributed by atoms with Gasteiger partial charge in [-0.3, -0.25) is 4.79 Å². The molecule has 33 heavy (non-hydrogen) atoms. The van der Waals surface area contributed by atoms with E-state index in [0.717, 1.165) is 65.1 Å². The third-order valence-electron chi connectivity index (χ3n) is 6.48. The summed E-state index contributed by atoms with van der Waals surface area (Å²) in [6, 6.07) is 16.4. The molecule has 1 atom stereocenters. The van der Waals surface area contributed by atoms with Gasteiger partial charge in [-0.25, -0.2) is 0 Å². The van der Waals surface area contributed by atoms with Crippen molar-refractivity contribution in [2.24, 2.45) is 0 Å². The van der Waals surface area contributed by atoms with Gasteiger partial charge in [-0.05, 0) is 70.1 Å². The topological polar surface area (TPSA) is 75.4 Å². The molecule has 172 valence electrons. The number of hydrogen-bond acceptors (Lipinski definition) is 4. The van der Waals surface area contributed by atoms with Gasteiger partial charge in [-0.1, -0.05) is 65.3 Å². The minimum absolute atomic E-state index is 0.302. The number of nitrogens with zero attached hydrogens (tertiary/aromatic N) is 1. The van der Waals surface area contributed by atoms with E-state index < -0.39 is 11.4 Å². The molecule has 1 aromatic heterocycles. The molecule has 0 aliphatic heterocycles. The Morgan fingerprint density at radius 3 is 2.21 bits per heavy atom. The van der Waals surface area contributed by atoms with Gasteiger partial charge in [0, 0.05) is 11.6 Å². The summed E-state index contributed by atoms with van der Waals surface area (Å²) in [6.45, 7) is 8.38. The molecule has 0 bridgehead atoms. The van der Waals surface area contributed by atoms with Crippen molar-refractivity contribution in [1.29, 1.82) is 0 Å². The van der Waals surface area contributed by atoms with Crippen LogP contribution in [0.25, 0.3) is 22.5 Å². The lowest BCUT2D eigenvalue weighted by molar-refractivity contribution is -0.140. The molecule has 0 spiro atoms. The second kappa shape index (κ2) is 9.26. The van der Waals surface area contributed by atoms with Crippen LogP contribution in [-0.2, 0) is 10.2 Å². The molecule has 5 heteroatoms. The van der Waals surface area contributed by atoms with Crippen LogP contribution in [0, 0.1) is 6.92 Å². The number of aryl methyl sites for hydroxylation is 1. The maximum absolute atomic E-state index is 11.6. The number of rotatable bonds is 9. The fourth-order valence-electron chi connectivity index (χ4n) is 4.22. The zero-order valence-corrected chi connectivity index (χ0v) is 19.8. The quantitative estimate of drug-likeness (QED) is 0.348. The van der Waals surface area contributed by atoms with E-state index in [-0.39, 0.29) is 0 Å². The Morgan fingerprint density at radius 1 is 1.09 bits per heavy atom. The smallest absolute Gasteiger partial charge is 0.314 e. The first-order chi connectivity index (χ1) is 15.8. The Bertz CT molecular complexity index is 1150. The third kappa shape index (κ3) is 4.87. The maximum atomic E-state index is 11.6. The summed E-state index contributed by atoms with van der Waals surface area (Å²) in [7, 11) is 0. The molecule has 0 saturated heterocycles. The monoisotopic (exact) mass is 444 g/mol. The standard InChI is InChI=1S/C28H32N2O3/c1-18(2)6-5-7-19(3)29-25-20(4)30-33-26(25)23-10-8-21(9-11-23)22-12-14-24(15-13-22)28(16-17-28)27(31)32/h6,8-15,19,29H,5,7,16-17H2,1-4H3,(H,31,32).